The number of benzene rings is 1. The summed E-state index contributed by atoms with van der Waals surface area (Å²) in [4.78, 5) is 0. The van der Waals surface area contributed by atoms with Crippen molar-refractivity contribution in [1.82, 2.24) is 9.78 Å². The van der Waals surface area contributed by atoms with Gasteiger partial charge in [0.25, 0.3) is 0 Å². The van der Waals surface area contributed by atoms with Gasteiger partial charge >= 0.3 is 0 Å². The zero-order chi connectivity index (χ0) is 13.1. The van der Waals surface area contributed by atoms with Crippen LogP contribution in [0.25, 0.3) is 0 Å². The molecule has 0 saturated heterocycles. The van der Waals surface area contributed by atoms with Crippen LogP contribution in [-0.4, -0.2) is 16.9 Å². The highest BCUT2D eigenvalue weighted by molar-refractivity contribution is 5.48. The van der Waals surface area contributed by atoms with Crippen LogP contribution in [0.5, 0.6) is 17.2 Å². The highest BCUT2D eigenvalue weighted by Gasteiger charge is 2.15. The average Bonchev–Trinajstić information content (AvgIpc) is 2.74. The summed E-state index contributed by atoms with van der Waals surface area (Å²) in [5, 5.41) is 4.06. The molecule has 0 saturated carbocycles. The van der Waals surface area contributed by atoms with E-state index in [0.29, 0.717) is 11.5 Å². The van der Waals surface area contributed by atoms with Gasteiger partial charge < -0.3 is 15.2 Å². The van der Waals surface area contributed by atoms with Gasteiger partial charge in [0.05, 0.1) is 25.1 Å². The topological polar surface area (TPSA) is 62.3 Å². The Hall–Kier alpha value is -2.01. The molecule has 2 N–H and O–H groups in total. The van der Waals surface area contributed by atoms with Crippen LogP contribution in [0.1, 0.15) is 18.5 Å². The normalized spacial score (nSPS) is 12.2. The second-order valence-electron chi connectivity index (χ2n) is 4.11. The zero-order valence-corrected chi connectivity index (χ0v) is 10.8. The van der Waals surface area contributed by atoms with Gasteiger partial charge in [0, 0.05) is 13.1 Å². The molecule has 1 atom stereocenters. The predicted molar refractivity (Wildman–Crippen MR) is 68.9 cm³/mol. The molecule has 0 amide bonds. The largest absolute Gasteiger partial charge is 0.496 e. The SMILES string of the molecule is COc1cccc(Oc2cnn(C)c2)c1C(C)N. The first kappa shape index (κ1) is 12.4. The first-order valence-corrected chi connectivity index (χ1v) is 5.70. The molecule has 2 aromatic rings. The Labute approximate surface area is 106 Å². The van der Waals surface area contributed by atoms with Crippen molar-refractivity contribution in [3.63, 3.8) is 0 Å². The molecule has 5 heteroatoms. The second kappa shape index (κ2) is 5.10. The van der Waals surface area contributed by atoms with Crippen molar-refractivity contribution in [3.05, 3.63) is 36.2 Å². The lowest BCUT2D eigenvalue weighted by atomic mass is 10.1. The molecule has 0 radical (unpaired) electrons. The molecule has 1 unspecified atom stereocenters. The van der Waals surface area contributed by atoms with Crippen LogP contribution in [-0.2, 0) is 7.05 Å². The molecule has 0 aliphatic carbocycles. The van der Waals surface area contributed by atoms with Gasteiger partial charge in [-0.3, -0.25) is 4.68 Å². The van der Waals surface area contributed by atoms with Crippen molar-refractivity contribution in [1.29, 1.82) is 0 Å². The van der Waals surface area contributed by atoms with Gasteiger partial charge in [-0.15, -0.1) is 0 Å². The minimum atomic E-state index is -0.173. The standard InChI is InChI=1S/C13H17N3O2/c1-9(14)13-11(17-3)5-4-6-12(13)18-10-7-15-16(2)8-10/h4-9H,14H2,1-3H3. The summed E-state index contributed by atoms with van der Waals surface area (Å²) < 4.78 is 12.8. The maximum absolute atomic E-state index is 5.97. The van der Waals surface area contributed by atoms with Crippen molar-refractivity contribution >= 4 is 0 Å². The molecule has 2 rings (SSSR count). The van der Waals surface area contributed by atoms with E-state index >= 15 is 0 Å². The highest BCUT2D eigenvalue weighted by Crippen LogP contribution is 2.35. The molecule has 0 bridgehead atoms. The summed E-state index contributed by atoms with van der Waals surface area (Å²) in [7, 11) is 3.46. The van der Waals surface area contributed by atoms with E-state index in [9.17, 15) is 0 Å². The van der Waals surface area contributed by atoms with Crippen LogP contribution >= 0.6 is 0 Å². The van der Waals surface area contributed by atoms with E-state index in [1.807, 2.05) is 32.2 Å². The van der Waals surface area contributed by atoms with Crippen LogP contribution in [0.4, 0.5) is 0 Å². The molecule has 0 spiro atoms. The fraction of sp³-hybridized carbons (Fsp3) is 0.308. The Morgan fingerprint density at radius 3 is 2.61 bits per heavy atom. The van der Waals surface area contributed by atoms with Gasteiger partial charge in [-0.05, 0) is 19.1 Å². The van der Waals surface area contributed by atoms with E-state index in [2.05, 4.69) is 5.10 Å². The second-order valence-corrected chi connectivity index (χ2v) is 4.11. The number of methoxy groups -OCH3 is 1. The molecular formula is C13H17N3O2. The van der Waals surface area contributed by atoms with Crippen LogP contribution in [0.2, 0.25) is 0 Å². The molecule has 1 aromatic carbocycles. The van der Waals surface area contributed by atoms with E-state index < -0.39 is 0 Å². The smallest absolute Gasteiger partial charge is 0.165 e. The van der Waals surface area contributed by atoms with E-state index in [4.69, 9.17) is 15.2 Å². The summed E-state index contributed by atoms with van der Waals surface area (Å²) in [5.74, 6) is 2.09. The quantitative estimate of drug-likeness (QED) is 0.900. The number of hydrogen-bond donors (Lipinski definition) is 1. The zero-order valence-electron chi connectivity index (χ0n) is 10.8. The molecule has 1 aromatic heterocycles. The summed E-state index contributed by atoms with van der Waals surface area (Å²) in [6.45, 7) is 1.90. The fourth-order valence-electron chi connectivity index (χ4n) is 1.82. The Kier molecular flexibility index (Phi) is 3.53. The minimum Gasteiger partial charge on any atom is -0.496 e. The maximum atomic E-state index is 5.97. The Bertz CT molecular complexity index is 535. The van der Waals surface area contributed by atoms with Gasteiger partial charge in [0.15, 0.2) is 5.75 Å². The van der Waals surface area contributed by atoms with Gasteiger partial charge in [0.1, 0.15) is 11.5 Å². The van der Waals surface area contributed by atoms with E-state index in [-0.39, 0.29) is 6.04 Å². The molecule has 0 fully saturated rings. The fourth-order valence-corrected chi connectivity index (χ4v) is 1.82. The molecular weight excluding hydrogens is 230 g/mol. The van der Waals surface area contributed by atoms with Gasteiger partial charge in [0.2, 0.25) is 0 Å². The van der Waals surface area contributed by atoms with Gasteiger partial charge in [-0.1, -0.05) is 6.07 Å². The van der Waals surface area contributed by atoms with Crippen molar-refractivity contribution in [3.8, 4) is 17.2 Å². The predicted octanol–water partition coefficient (Wildman–Crippen LogP) is 2.24. The van der Waals surface area contributed by atoms with Crippen LogP contribution in [0, 0.1) is 0 Å². The van der Waals surface area contributed by atoms with Gasteiger partial charge in [-0.2, -0.15) is 5.10 Å². The van der Waals surface area contributed by atoms with Crippen LogP contribution in [0.15, 0.2) is 30.6 Å². The number of aryl methyl sites for hydroxylation is 1. The number of ether oxygens (including phenoxy) is 2. The molecule has 5 nitrogen and oxygen atoms in total. The Morgan fingerprint density at radius 2 is 2.06 bits per heavy atom. The number of aromatic nitrogens is 2. The Morgan fingerprint density at radius 1 is 1.33 bits per heavy atom. The molecule has 1 heterocycles. The third-order valence-corrected chi connectivity index (χ3v) is 2.61. The van der Waals surface area contributed by atoms with Gasteiger partial charge in [-0.25, -0.2) is 0 Å². The number of nitrogens with two attached hydrogens (primary N) is 1. The van der Waals surface area contributed by atoms with E-state index in [1.165, 1.54) is 0 Å². The van der Waals surface area contributed by atoms with Crippen LogP contribution < -0.4 is 15.2 Å². The number of rotatable bonds is 4. The average molecular weight is 247 g/mol. The number of hydrogen-bond acceptors (Lipinski definition) is 4. The first-order chi connectivity index (χ1) is 8.61. The first-order valence-electron chi connectivity index (χ1n) is 5.70. The summed E-state index contributed by atoms with van der Waals surface area (Å²) in [6, 6.07) is 5.44. The summed E-state index contributed by atoms with van der Waals surface area (Å²) in [6.07, 6.45) is 3.45. The lowest BCUT2D eigenvalue weighted by molar-refractivity contribution is 0.397. The maximum Gasteiger partial charge on any atom is 0.165 e. The lowest BCUT2D eigenvalue weighted by Gasteiger charge is -2.16. The summed E-state index contributed by atoms with van der Waals surface area (Å²) in [5.41, 5.74) is 6.82. The number of nitrogens with zero attached hydrogens (tertiary/aromatic N) is 2. The third kappa shape index (κ3) is 2.46. The van der Waals surface area contributed by atoms with Crippen molar-refractivity contribution < 1.29 is 9.47 Å². The van der Waals surface area contributed by atoms with Crippen molar-refractivity contribution in [2.24, 2.45) is 12.8 Å². The Balaban J connectivity index is 2.37. The minimum absolute atomic E-state index is 0.173. The molecule has 96 valence electrons. The molecule has 0 aliphatic rings. The monoisotopic (exact) mass is 247 g/mol. The van der Waals surface area contributed by atoms with E-state index in [0.717, 1.165) is 11.3 Å². The lowest BCUT2D eigenvalue weighted by Crippen LogP contribution is -2.08. The molecule has 0 aliphatic heterocycles. The van der Waals surface area contributed by atoms with Crippen molar-refractivity contribution in [2.75, 3.05) is 7.11 Å². The molecule has 18 heavy (non-hydrogen) atoms. The van der Waals surface area contributed by atoms with Crippen molar-refractivity contribution in [2.45, 2.75) is 13.0 Å². The van der Waals surface area contributed by atoms with E-state index in [1.54, 1.807) is 24.2 Å². The third-order valence-electron chi connectivity index (χ3n) is 2.61. The summed E-state index contributed by atoms with van der Waals surface area (Å²) >= 11 is 0. The highest BCUT2D eigenvalue weighted by atomic mass is 16.5. The van der Waals surface area contributed by atoms with Crippen LogP contribution in [0.3, 0.4) is 0 Å².